The molecule has 3 N–H and O–H groups in total. The Morgan fingerprint density at radius 3 is 2.70 bits per heavy atom. The van der Waals surface area contributed by atoms with E-state index in [0.717, 1.165) is 0 Å². The molecule has 0 spiro atoms. The number of benzene rings is 2. The number of amides is 1. The van der Waals surface area contributed by atoms with E-state index in [2.05, 4.69) is 5.32 Å². The van der Waals surface area contributed by atoms with Crippen molar-refractivity contribution >= 4 is 17.3 Å². The number of carbonyl (C=O) groups is 1. The van der Waals surface area contributed by atoms with Crippen molar-refractivity contribution in [2.75, 3.05) is 18.2 Å². The summed E-state index contributed by atoms with van der Waals surface area (Å²) in [5, 5.41) is 2.55. The molecule has 0 heterocycles. The molecule has 2 aromatic carbocycles. The highest BCUT2D eigenvalue weighted by Gasteiger charge is 2.15. The van der Waals surface area contributed by atoms with Gasteiger partial charge in [-0.2, -0.15) is 0 Å². The second kappa shape index (κ2) is 5.61. The fraction of sp³-hybridized carbons (Fsp3) is 0.133. The van der Waals surface area contributed by atoms with Gasteiger partial charge in [-0.15, -0.1) is 0 Å². The van der Waals surface area contributed by atoms with Gasteiger partial charge in [-0.05, 0) is 36.8 Å². The fourth-order valence-corrected chi connectivity index (χ4v) is 1.87. The summed E-state index contributed by atoms with van der Waals surface area (Å²) < 4.78 is 18.8. The molecular formula is C15H15FN2O2. The van der Waals surface area contributed by atoms with Crippen LogP contribution in [0.4, 0.5) is 15.8 Å². The predicted octanol–water partition coefficient (Wildman–Crippen LogP) is 2.98. The largest absolute Gasteiger partial charge is 0.496 e. The molecule has 4 nitrogen and oxygen atoms in total. The summed E-state index contributed by atoms with van der Waals surface area (Å²) in [6.07, 6.45) is 0. The molecule has 0 bridgehead atoms. The van der Waals surface area contributed by atoms with E-state index in [1.807, 2.05) is 0 Å². The van der Waals surface area contributed by atoms with Crippen molar-refractivity contribution in [3.63, 3.8) is 0 Å². The summed E-state index contributed by atoms with van der Waals surface area (Å²) in [5.74, 6) is -0.575. The molecule has 0 saturated carbocycles. The maximum Gasteiger partial charge on any atom is 0.259 e. The summed E-state index contributed by atoms with van der Waals surface area (Å²) in [6.45, 7) is 1.72. The number of aryl methyl sites for hydroxylation is 1. The first kappa shape index (κ1) is 13.9. The Hall–Kier alpha value is -2.56. The maximum absolute atomic E-state index is 13.7. The molecule has 0 saturated heterocycles. The molecule has 0 aliphatic heterocycles. The summed E-state index contributed by atoms with van der Waals surface area (Å²) in [4.78, 5) is 12.2. The van der Waals surface area contributed by atoms with Crippen LogP contribution in [0, 0.1) is 12.7 Å². The Morgan fingerprint density at radius 2 is 2.05 bits per heavy atom. The molecule has 0 aromatic heterocycles. The first-order chi connectivity index (χ1) is 9.52. The van der Waals surface area contributed by atoms with Gasteiger partial charge in [0.25, 0.3) is 5.91 Å². The van der Waals surface area contributed by atoms with Crippen molar-refractivity contribution in [1.82, 2.24) is 0 Å². The quantitative estimate of drug-likeness (QED) is 0.846. The number of nitrogen functional groups attached to an aromatic ring is 1. The van der Waals surface area contributed by atoms with Crippen LogP contribution in [-0.4, -0.2) is 13.0 Å². The minimum atomic E-state index is -0.485. The van der Waals surface area contributed by atoms with E-state index in [9.17, 15) is 9.18 Å². The van der Waals surface area contributed by atoms with Gasteiger partial charge in [0.2, 0.25) is 0 Å². The van der Waals surface area contributed by atoms with Crippen LogP contribution in [0.15, 0.2) is 36.4 Å². The lowest BCUT2D eigenvalue weighted by Gasteiger charge is -2.12. The van der Waals surface area contributed by atoms with Gasteiger partial charge in [-0.1, -0.05) is 12.1 Å². The van der Waals surface area contributed by atoms with Crippen molar-refractivity contribution in [3.05, 3.63) is 53.3 Å². The second-order valence-corrected chi connectivity index (χ2v) is 4.35. The fourth-order valence-electron chi connectivity index (χ4n) is 1.87. The van der Waals surface area contributed by atoms with Crippen LogP contribution in [0.1, 0.15) is 15.9 Å². The number of carbonyl (C=O) groups excluding carboxylic acids is 1. The monoisotopic (exact) mass is 274 g/mol. The molecule has 0 fully saturated rings. The van der Waals surface area contributed by atoms with Gasteiger partial charge >= 0.3 is 0 Å². The molecule has 0 unspecified atom stereocenters. The van der Waals surface area contributed by atoms with Crippen molar-refractivity contribution in [2.24, 2.45) is 0 Å². The number of nitrogens with two attached hydrogens (primary N) is 1. The SMILES string of the molecule is COc1ccc(N)cc1C(=O)Nc1c(C)cccc1F. The van der Waals surface area contributed by atoms with Crippen LogP contribution < -0.4 is 15.8 Å². The van der Waals surface area contributed by atoms with E-state index < -0.39 is 11.7 Å². The normalized spacial score (nSPS) is 10.2. The number of nitrogens with one attached hydrogen (secondary N) is 1. The number of hydrogen-bond acceptors (Lipinski definition) is 3. The van der Waals surface area contributed by atoms with Crippen LogP contribution >= 0.6 is 0 Å². The van der Waals surface area contributed by atoms with Crippen LogP contribution in [0.5, 0.6) is 5.75 Å². The highest BCUT2D eigenvalue weighted by Crippen LogP contribution is 2.24. The van der Waals surface area contributed by atoms with Crippen molar-refractivity contribution in [2.45, 2.75) is 6.92 Å². The average Bonchev–Trinajstić information content (AvgIpc) is 2.43. The van der Waals surface area contributed by atoms with E-state index in [0.29, 0.717) is 17.0 Å². The van der Waals surface area contributed by atoms with Gasteiger partial charge in [-0.3, -0.25) is 4.79 Å². The van der Waals surface area contributed by atoms with Gasteiger partial charge in [0.15, 0.2) is 0 Å². The van der Waals surface area contributed by atoms with Crippen molar-refractivity contribution < 1.29 is 13.9 Å². The molecular weight excluding hydrogens is 259 g/mol. The average molecular weight is 274 g/mol. The third-order valence-corrected chi connectivity index (χ3v) is 2.93. The van der Waals surface area contributed by atoms with Crippen molar-refractivity contribution in [1.29, 1.82) is 0 Å². The first-order valence-corrected chi connectivity index (χ1v) is 6.03. The number of methoxy groups -OCH3 is 1. The minimum absolute atomic E-state index is 0.155. The third-order valence-electron chi connectivity index (χ3n) is 2.93. The zero-order chi connectivity index (χ0) is 14.7. The number of rotatable bonds is 3. The Balaban J connectivity index is 2.35. The topological polar surface area (TPSA) is 64.3 Å². The molecule has 2 aromatic rings. The lowest BCUT2D eigenvalue weighted by molar-refractivity contribution is 0.102. The second-order valence-electron chi connectivity index (χ2n) is 4.35. The Labute approximate surface area is 116 Å². The van der Waals surface area contributed by atoms with Gasteiger partial charge in [0.05, 0.1) is 18.4 Å². The van der Waals surface area contributed by atoms with Crippen LogP contribution in [-0.2, 0) is 0 Å². The maximum atomic E-state index is 13.7. The number of anilines is 2. The lowest BCUT2D eigenvalue weighted by atomic mass is 10.1. The van der Waals surface area contributed by atoms with E-state index >= 15 is 0 Å². The molecule has 0 aliphatic carbocycles. The summed E-state index contributed by atoms with van der Waals surface area (Å²) >= 11 is 0. The summed E-state index contributed by atoms with van der Waals surface area (Å²) in [5.41, 5.74) is 7.15. The van der Waals surface area contributed by atoms with Gasteiger partial charge in [0.1, 0.15) is 11.6 Å². The highest BCUT2D eigenvalue weighted by molar-refractivity contribution is 6.07. The van der Waals surface area contributed by atoms with Crippen LogP contribution in [0.3, 0.4) is 0 Å². The summed E-state index contributed by atoms with van der Waals surface area (Å²) in [7, 11) is 1.46. The number of hydrogen-bond donors (Lipinski definition) is 2. The Kier molecular flexibility index (Phi) is 3.89. The Morgan fingerprint density at radius 1 is 1.30 bits per heavy atom. The van der Waals surface area contributed by atoms with E-state index in [-0.39, 0.29) is 11.3 Å². The molecule has 5 heteroatoms. The highest BCUT2D eigenvalue weighted by atomic mass is 19.1. The Bertz CT molecular complexity index is 636. The van der Waals surface area contributed by atoms with E-state index in [1.165, 1.54) is 19.2 Å². The van der Waals surface area contributed by atoms with E-state index in [4.69, 9.17) is 10.5 Å². The van der Waals surface area contributed by atoms with E-state index in [1.54, 1.807) is 31.2 Å². The van der Waals surface area contributed by atoms with Gasteiger partial charge in [0, 0.05) is 5.69 Å². The molecule has 104 valence electrons. The third kappa shape index (κ3) is 2.71. The minimum Gasteiger partial charge on any atom is -0.496 e. The van der Waals surface area contributed by atoms with Gasteiger partial charge < -0.3 is 15.8 Å². The lowest BCUT2D eigenvalue weighted by Crippen LogP contribution is -2.15. The molecule has 0 atom stereocenters. The zero-order valence-electron chi connectivity index (χ0n) is 11.2. The molecule has 20 heavy (non-hydrogen) atoms. The summed E-state index contributed by atoms with van der Waals surface area (Å²) in [6, 6.07) is 9.31. The smallest absolute Gasteiger partial charge is 0.259 e. The standard InChI is InChI=1S/C15H15FN2O2/c1-9-4-3-5-12(16)14(9)18-15(19)11-8-10(17)6-7-13(11)20-2/h3-8H,17H2,1-2H3,(H,18,19). The van der Waals surface area contributed by atoms with Crippen LogP contribution in [0.25, 0.3) is 0 Å². The molecule has 0 radical (unpaired) electrons. The number of para-hydroxylation sites is 1. The molecule has 2 rings (SSSR count). The van der Waals surface area contributed by atoms with Crippen LogP contribution in [0.2, 0.25) is 0 Å². The van der Waals surface area contributed by atoms with Gasteiger partial charge in [-0.25, -0.2) is 4.39 Å². The first-order valence-electron chi connectivity index (χ1n) is 6.03. The van der Waals surface area contributed by atoms with Crippen molar-refractivity contribution in [3.8, 4) is 5.75 Å². The zero-order valence-corrected chi connectivity index (χ0v) is 11.2. The number of ether oxygens (including phenoxy) is 1. The molecule has 1 amide bonds. The predicted molar refractivity (Wildman–Crippen MR) is 76.5 cm³/mol. The molecule has 0 aliphatic rings. The number of halogens is 1.